The van der Waals surface area contributed by atoms with Crippen molar-refractivity contribution in [2.45, 2.75) is 38.6 Å². The van der Waals surface area contributed by atoms with E-state index < -0.39 is 0 Å². The van der Waals surface area contributed by atoms with E-state index >= 15 is 0 Å². The molecule has 0 aromatic heterocycles. The highest BCUT2D eigenvalue weighted by Gasteiger charge is 2.26. The topological polar surface area (TPSA) is 20.3 Å². The summed E-state index contributed by atoms with van der Waals surface area (Å²) in [6, 6.07) is 5.86. The van der Waals surface area contributed by atoms with Gasteiger partial charge in [-0.25, -0.2) is 0 Å². The van der Waals surface area contributed by atoms with E-state index in [0.29, 0.717) is 11.1 Å². The average molecular weight is 345 g/mol. The predicted octanol–water partition coefficient (Wildman–Crippen LogP) is 4.43. The standard InChI is InChI=1S/C15H19BrClNO/c1-11-13(7-5-8-14(11)17)15(19)18-9-4-2-3-6-12(18)10-16/h5,7-8,12H,2-4,6,9-10H2,1H3. The molecule has 1 saturated heterocycles. The molecule has 104 valence electrons. The minimum absolute atomic E-state index is 0.117. The van der Waals surface area contributed by atoms with Crippen molar-refractivity contribution in [3.8, 4) is 0 Å². The molecule has 1 atom stereocenters. The molecule has 0 spiro atoms. The third-order valence-electron chi connectivity index (χ3n) is 3.81. The first-order valence-electron chi connectivity index (χ1n) is 6.77. The van der Waals surface area contributed by atoms with Crippen molar-refractivity contribution in [3.63, 3.8) is 0 Å². The Bertz CT molecular complexity index is 463. The number of hydrogen-bond acceptors (Lipinski definition) is 1. The van der Waals surface area contributed by atoms with Gasteiger partial charge in [0.2, 0.25) is 0 Å². The monoisotopic (exact) mass is 343 g/mol. The van der Waals surface area contributed by atoms with Gasteiger partial charge in [0.05, 0.1) is 0 Å². The number of rotatable bonds is 2. The molecular formula is C15H19BrClNO. The number of benzene rings is 1. The van der Waals surface area contributed by atoms with Crippen molar-refractivity contribution in [1.29, 1.82) is 0 Å². The fourth-order valence-corrected chi connectivity index (χ4v) is 3.45. The van der Waals surface area contributed by atoms with Gasteiger partial charge in [0, 0.05) is 28.5 Å². The Kier molecular flexibility index (Phi) is 5.28. The predicted molar refractivity (Wildman–Crippen MR) is 83.3 cm³/mol. The van der Waals surface area contributed by atoms with E-state index in [1.165, 1.54) is 12.8 Å². The lowest BCUT2D eigenvalue weighted by atomic mass is 10.1. The molecule has 1 aromatic carbocycles. The minimum Gasteiger partial charge on any atom is -0.335 e. The van der Waals surface area contributed by atoms with Crippen LogP contribution in [0.25, 0.3) is 0 Å². The first kappa shape index (κ1) is 14.9. The number of likely N-dealkylation sites (tertiary alicyclic amines) is 1. The summed E-state index contributed by atoms with van der Waals surface area (Å²) in [5.41, 5.74) is 1.62. The molecule has 1 fully saturated rings. The zero-order valence-corrected chi connectivity index (χ0v) is 13.5. The van der Waals surface area contributed by atoms with Crippen LogP contribution in [0, 0.1) is 6.92 Å². The smallest absolute Gasteiger partial charge is 0.254 e. The van der Waals surface area contributed by atoms with Crippen LogP contribution in [0.2, 0.25) is 5.02 Å². The lowest BCUT2D eigenvalue weighted by molar-refractivity contribution is 0.0701. The van der Waals surface area contributed by atoms with Crippen LogP contribution in [-0.2, 0) is 0 Å². The molecule has 2 nitrogen and oxygen atoms in total. The Balaban J connectivity index is 2.28. The van der Waals surface area contributed by atoms with Crippen LogP contribution in [0.15, 0.2) is 18.2 Å². The molecule has 1 unspecified atom stereocenters. The third-order valence-corrected chi connectivity index (χ3v) is 4.97. The normalized spacial score (nSPS) is 20.2. The molecule has 1 heterocycles. The zero-order chi connectivity index (χ0) is 13.8. The number of carbonyl (C=O) groups excluding carboxylic acids is 1. The maximum atomic E-state index is 12.7. The number of amides is 1. The molecule has 0 bridgehead atoms. The second kappa shape index (κ2) is 6.76. The SMILES string of the molecule is Cc1c(Cl)cccc1C(=O)N1CCCCCC1CBr. The van der Waals surface area contributed by atoms with Crippen LogP contribution in [0.4, 0.5) is 0 Å². The lowest BCUT2D eigenvalue weighted by Crippen LogP contribution is -2.41. The molecule has 0 N–H and O–H groups in total. The molecular weight excluding hydrogens is 326 g/mol. The highest BCUT2D eigenvalue weighted by molar-refractivity contribution is 9.09. The largest absolute Gasteiger partial charge is 0.335 e. The molecule has 1 amide bonds. The van der Waals surface area contributed by atoms with Gasteiger partial charge in [-0.1, -0.05) is 46.4 Å². The number of nitrogens with zero attached hydrogens (tertiary/aromatic N) is 1. The average Bonchev–Trinajstić information content (AvgIpc) is 2.66. The molecule has 0 radical (unpaired) electrons. The van der Waals surface area contributed by atoms with Crippen molar-refractivity contribution in [3.05, 3.63) is 34.3 Å². The Hall–Kier alpha value is -0.540. The summed E-state index contributed by atoms with van der Waals surface area (Å²) in [6.45, 7) is 2.76. The number of hydrogen-bond donors (Lipinski definition) is 0. The van der Waals surface area contributed by atoms with Gasteiger partial charge >= 0.3 is 0 Å². The van der Waals surface area contributed by atoms with Crippen molar-refractivity contribution in [2.24, 2.45) is 0 Å². The Morgan fingerprint density at radius 3 is 2.95 bits per heavy atom. The van der Waals surface area contributed by atoms with Gasteiger partial charge in [0.15, 0.2) is 0 Å². The summed E-state index contributed by atoms with van der Waals surface area (Å²) in [5.74, 6) is 0.117. The van der Waals surface area contributed by atoms with Gasteiger partial charge in [0.1, 0.15) is 0 Å². The van der Waals surface area contributed by atoms with Crippen LogP contribution in [0.5, 0.6) is 0 Å². The van der Waals surface area contributed by atoms with Gasteiger partial charge in [-0.05, 0) is 37.5 Å². The van der Waals surface area contributed by atoms with Gasteiger partial charge < -0.3 is 4.90 Å². The second-order valence-corrected chi connectivity index (χ2v) is 6.12. The van der Waals surface area contributed by atoms with Gasteiger partial charge in [-0.3, -0.25) is 4.79 Å². The lowest BCUT2D eigenvalue weighted by Gasteiger charge is -2.29. The van der Waals surface area contributed by atoms with E-state index in [0.717, 1.165) is 35.8 Å². The zero-order valence-electron chi connectivity index (χ0n) is 11.2. The second-order valence-electron chi connectivity index (χ2n) is 5.07. The molecule has 1 aliphatic rings. The molecule has 19 heavy (non-hydrogen) atoms. The molecule has 1 aliphatic heterocycles. The fraction of sp³-hybridized carbons (Fsp3) is 0.533. The van der Waals surface area contributed by atoms with E-state index in [1.54, 1.807) is 0 Å². The van der Waals surface area contributed by atoms with Crippen LogP contribution in [-0.4, -0.2) is 28.7 Å². The van der Waals surface area contributed by atoms with Crippen LogP contribution in [0.3, 0.4) is 0 Å². The van der Waals surface area contributed by atoms with Gasteiger partial charge in [-0.15, -0.1) is 0 Å². The highest BCUT2D eigenvalue weighted by Crippen LogP contribution is 2.24. The molecule has 4 heteroatoms. The first-order chi connectivity index (χ1) is 9.15. The van der Waals surface area contributed by atoms with Crippen LogP contribution >= 0.6 is 27.5 Å². The summed E-state index contributed by atoms with van der Waals surface area (Å²) in [4.78, 5) is 14.8. The first-order valence-corrected chi connectivity index (χ1v) is 8.27. The maximum absolute atomic E-state index is 12.7. The molecule has 0 aliphatic carbocycles. The quantitative estimate of drug-likeness (QED) is 0.727. The van der Waals surface area contributed by atoms with E-state index in [9.17, 15) is 4.79 Å². The van der Waals surface area contributed by atoms with E-state index in [2.05, 4.69) is 15.9 Å². The summed E-state index contributed by atoms with van der Waals surface area (Å²) in [6.07, 6.45) is 4.59. The van der Waals surface area contributed by atoms with Crippen molar-refractivity contribution in [1.82, 2.24) is 4.90 Å². The Morgan fingerprint density at radius 1 is 1.42 bits per heavy atom. The fourth-order valence-electron chi connectivity index (χ4n) is 2.60. The number of carbonyl (C=O) groups is 1. The van der Waals surface area contributed by atoms with Crippen molar-refractivity contribution < 1.29 is 4.79 Å². The summed E-state index contributed by atoms with van der Waals surface area (Å²) >= 11 is 9.66. The minimum atomic E-state index is 0.117. The number of halogens is 2. The Morgan fingerprint density at radius 2 is 2.21 bits per heavy atom. The van der Waals surface area contributed by atoms with Gasteiger partial charge in [0.25, 0.3) is 5.91 Å². The Labute approximate surface area is 128 Å². The van der Waals surface area contributed by atoms with Crippen LogP contribution < -0.4 is 0 Å². The number of alkyl halides is 1. The van der Waals surface area contributed by atoms with Crippen LogP contribution in [0.1, 0.15) is 41.6 Å². The van der Waals surface area contributed by atoms with E-state index in [4.69, 9.17) is 11.6 Å². The molecule has 1 aromatic rings. The molecule has 0 saturated carbocycles. The maximum Gasteiger partial charge on any atom is 0.254 e. The van der Waals surface area contributed by atoms with Crippen molar-refractivity contribution in [2.75, 3.05) is 11.9 Å². The van der Waals surface area contributed by atoms with Gasteiger partial charge in [-0.2, -0.15) is 0 Å². The third kappa shape index (κ3) is 3.32. The molecule has 2 rings (SSSR count). The van der Waals surface area contributed by atoms with E-state index in [1.807, 2.05) is 30.0 Å². The highest BCUT2D eigenvalue weighted by atomic mass is 79.9. The van der Waals surface area contributed by atoms with Crippen molar-refractivity contribution >= 4 is 33.4 Å². The summed E-state index contributed by atoms with van der Waals surface area (Å²) in [5, 5.41) is 1.51. The summed E-state index contributed by atoms with van der Waals surface area (Å²) < 4.78 is 0. The summed E-state index contributed by atoms with van der Waals surface area (Å²) in [7, 11) is 0. The van der Waals surface area contributed by atoms with E-state index in [-0.39, 0.29) is 5.91 Å².